The van der Waals surface area contributed by atoms with E-state index in [4.69, 9.17) is 0 Å². The number of unbranched alkanes of at least 4 members (excludes halogenated alkanes) is 3. The fourth-order valence-corrected chi connectivity index (χ4v) is 5.48. The van der Waals surface area contributed by atoms with Crippen LogP contribution in [0.2, 0.25) is 0 Å². The third-order valence-electron chi connectivity index (χ3n) is 6.64. The highest BCUT2D eigenvalue weighted by molar-refractivity contribution is 6.03. The molecule has 160 valence electrons. The molecular formula is C20H32O8. The number of hydrogen-bond acceptors (Lipinski definition) is 4. The molecule has 0 aromatic rings. The van der Waals surface area contributed by atoms with Crippen LogP contribution < -0.4 is 0 Å². The van der Waals surface area contributed by atoms with Crippen molar-refractivity contribution < 1.29 is 39.6 Å². The highest BCUT2D eigenvalue weighted by Gasteiger charge is 2.89. The topological polar surface area (TPSA) is 149 Å². The lowest BCUT2D eigenvalue weighted by Gasteiger charge is -2.68. The monoisotopic (exact) mass is 400 g/mol. The average Bonchev–Trinajstić information content (AvgIpc) is 2.59. The first-order valence-electron chi connectivity index (χ1n) is 10.0. The summed E-state index contributed by atoms with van der Waals surface area (Å²) in [6.07, 6.45) is 2.02. The molecule has 0 radical (unpaired) electrons. The summed E-state index contributed by atoms with van der Waals surface area (Å²) in [4.78, 5) is 49.8. The van der Waals surface area contributed by atoms with Crippen LogP contribution in [0.15, 0.2) is 0 Å². The molecule has 1 saturated carbocycles. The van der Waals surface area contributed by atoms with Crippen molar-refractivity contribution in [1.29, 1.82) is 0 Å². The van der Waals surface area contributed by atoms with E-state index in [-0.39, 0.29) is 19.3 Å². The summed E-state index contributed by atoms with van der Waals surface area (Å²) >= 11 is 0. The van der Waals surface area contributed by atoms with E-state index >= 15 is 0 Å². The Morgan fingerprint density at radius 1 is 0.643 bits per heavy atom. The minimum atomic E-state index is -2.17. The predicted molar refractivity (Wildman–Crippen MR) is 99.9 cm³/mol. The van der Waals surface area contributed by atoms with Crippen LogP contribution in [0.4, 0.5) is 0 Å². The van der Waals surface area contributed by atoms with Gasteiger partial charge in [0.05, 0.1) is 16.7 Å². The van der Waals surface area contributed by atoms with E-state index in [0.717, 1.165) is 0 Å². The molecule has 1 aliphatic rings. The van der Waals surface area contributed by atoms with Crippen molar-refractivity contribution in [2.75, 3.05) is 0 Å². The van der Waals surface area contributed by atoms with E-state index in [1.165, 1.54) is 0 Å². The Labute approximate surface area is 164 Å². The smallest absolute Gasteiger partial charge is 0.312 e. The van der Waals surface area contributed by atoms with E-state index in [1.807, 2.05) is 0 Å². The molecule has 0 spiro atoms. The molecule has 4 N–H and O–H groups in total. The van der Waals surface area contributed by atoms with Crippen molar-refractivity contribution in [2.45, 2.75) is 78.6 Å². The number of rotatable bonds is 13. The van der Waals surface area contributed by atoms with Crippen LogP contribution in [0.25, 0.3) is 0 Å². The van der Waals surface area contributed by atoms with Crippen molar-refractivity contribution in [3.63, 3.8) is 0 Å². The molecular weight excluding hydrogens is 368 g/mol. The van der Waals surface area contributed by atoms with Crippen LogP contribution in [0, 0.1) is 22.2 Å². The van der Waals surface area contributed by atoms with Gasteiger partial charge in [-0.15, -0.1) is 0 Å². The first-order chi connectivity index (χ1) is 13.1. The van der Waals surface area contributed by atoms with Gasteiger partial charge in [-0.25, -0.2) is 0 Å². The molecule has 2 atom stereocenters. The molecule has 1 fully saturated rings. The van der Waals surface area contributed by atoms with Gasteiger partial charge in [0.15, 0.2) is 0 Å². The number of carbonyl (C=O) groups is 4. The van der Waals surface area contributed by atoms with Gasteiger partial charge in [0.2, 0.25) is 0 Å². The fourth-order valence-electron chi connectivity index (χ4n) is 5.48. The second-order valence-corrected chi connectivity index (χ2v) is 7.85. The van der Waals surface area contributed by atoms with Crippen molar-refractivity contribution in [2.24, 2.45) is 22.2 Å². The third-order valence-corrected chi connectivity index (χ3v) is 6.64. The van der Waals surface area contributed by atoms with Crippen LogP contribution in [0.3, 0.4) is 0 Å². The molecule has 1 rings (SSSR count). The maximum atomic E-state index is 12.6. The lowest BCUT2D eigenvalue weighted by Crippen LogP contribution is -2.81. The van der Waals surface area contributed by atoms with Crippen molar-refractivity contribution >= 4 is 23.9 Å². The third kappa shape index (κ3) is 2.97. The lowest BCUT2D eigenvalue weighted by molar-refractivity contribution is -0.280. The van der Waals surface area contributed by atoms with Gasteiger partial charge in [0.1, 0.15) is 5.41 Å². The SMILES string of the molecule is CCCCC1(C(=O)O)C(C(=O)O)C(CCCC)(C(=O)O)C1(CCCC)C(=O)O. The first-order valence-corrected chi connectivity index (χ1v) is 10.0. The van der Waals surface area contributed by atoms with E-state index in [1.54, 1.807) is 20.8 Å². The predicted octanol–water partition coefficient (Wildman–Crippen LogP) is 3.48. The zero-order valence-corrected chi connectivity index (χ0v) is 16.9. The number of carboxylic acid groups (broad SMARTS) is 4. The highest BCUT2D eigenvalue weighted by Crippen LogP contribution is 2.77. The van der Waals surface area contributed by atoms with Gasteiger partial charge in [-0.2, -0.15) is 0 Å². The summed E-state index contributed by atoms with van der Waals surface area (Å²) in [5.41, 5.74) is -6.47. The fraction of sp³-hybridized carbons (Fsp3) is 0.800. The Morgan fingerprint density at radius 3 is 1.25 bits per heavy atom. The molecule has 8 nitrogen and oxygen atoms in total. The number of aliphatic carboxylic acids is 4. The maximum absolute atomic E-state index is 12.6. The largest absolute Gasteiger partial charge is 0.481 e. The Morgan fingerprint density at radius 2 is 1.00 bits per heavy atom. The molecule has 28 heavy (non-hydrogen) atoms. The zero-order chi connectivity index (χ0) is 21.8. The van der Waals surface area contributed by atoms with Gasteiger partial charge < -0.3 is 20.4 Å². The van der Waals surface area contributed by atoms with Gasteiger partial charge in [-0.3, -0.25) is 19.2 Å². The standard InChI is InChI=1S/C20H32O8/c1-4-7-10-18(15(23)24)13(14(21)22)19(16(25)26,11-8-5-2)20(18,17(27)28)12-9-6-3/h13H,4-12H2,1-3H3,(H,21,22)(H,23,24)(H,25,26)(H,27,28). The van der Waals surface area contributed by atoms with Crippen molar-refractivity contribution in [3.05, 3.63) is 0 Å². The summed E-state index contributed by atoms with van der Waals surface area (Å²) in [6.45, 7) is 5.38. The zero-order valence-electron chi connectivity index (χ0n) is 16.9. The highest BCUT2D eigenvalue weighted by atomic mass is 16.4. The Kier molecular flexibility index (Phi) is 7.62. The minimum absolute atomic E-state index is 0.172. The molecule has 0 amide bonds. The van der Waals surface area contributed by atoms with Crippen LogP contribution in [-0.2, 0) is 19.2 Å². The van der Waals surface area contributed by atoms with Gasteiger partial charge in [-0.1, -0.05) is 59.3 Å². The molecule has 0 heterocycles. The van der Waals surface area contributed by atoms with Crippen molar-refractivity contribution in [3.8, 4) is 0 Å². The van der Waals surface area contributed by atoms with E-state index in [0.29, 0.717) is 38.5 Å². The molecule has 0 aromatic heterocycles. The Hall–Kier alpha value is -2.12. The summed E-state index contributed by atoms with van der Waals surface area (Å²) in [7, 11) is 0. The maximum Gasteiger partial charge on any atom is 0.312 e. The summed E-state index contributed by atoms with van der Waals surface area (Å²) in [5, 5.41) is 40.4. The molecule has 1 aliphatic carbocycles. The normalized spacial score (nSPS) is 31.8. The molecule has 0 saturated heterocycles. The van der Waals surface area contributed by atoms with E-state index in [9.17, 15) is 39.6 Å². The van der Waals surface area contributed by atoms with E-state index < -0.39 is 46.0 Å². The molecule has 0 aromatic carbocycles. The van der Waals surface area contributed by atoms with Gasteiger partial charge in [0.25, 0.3) is 0 Å². The average molecular weight is 400 g/mol. The Bertz CT molecular complexity index is 594. The minimum Gasteiger partial charge on any atom is -0.481 e. The molecule has 0 bridgehead atoms. The summed E-state index contributed by atoms with van der Waals surface area (Å²) < 4.78 is 0. The number of hydrogen-bond donors (Lipinski definition) is 4. The second kappa shape index (κ2) is 8.92. The summed E-state index contributed by atoms with van der Waals surface area (Å²) in [6, 6.07) is 0. The van der Waals surface area contributed by atoms with Crippen molar-refractivity contribution in [1.82, 2.24) is 0 Å². The molecule has 0 aliphatic heterocycles. The second-order valence-electron chi connectivity index (χ2n) is 7.85. The van der Waals surface area contributed by atoms with Gasteiger partial charge in [0, 0.05) is 0 Å². The number of carboxylic acids is 4. The van der Waals surface area contributed by atoms with E-state index in [2.05, 4.69) is 0 Å². The first kappa shape index (κ1) is 23.9. The molecule has 2 unspecified atom stereocenters. The van der Waals surface area contributed by atoms with Crippen LogP contribution in [0.1, 0.15) is 78.6 Å². The van der Waals surface area contributed by atoms with Gasteiger partial charge >= 0.3 is 23.9 Å². The van der Waals surface area contributed by atoms with Crippen LogP contribution in [0.5, 0.6) is 0 Å². The lowest BCUT2D eigenvalue weighted by atomic mass is 9.28. The molecule has 8 heteroatoms. The van der Waals surface area contributed by atoms with Crippen LogP contribution in [-0.4, -0.2) is 44.3 Å². The Balaban J connectivity index is 3.93. The van der Waals surface area contributed by atoms with Gasteiger partial charge in [-0.05, 0) is 19.3 Å². The quantitative estimate of drug-likeness (QED) is 0.367. The van der Waals surface area contributed by atoms with Crippen LogP contribution >= 0.6 is 0 Å². The summed E-state index contributed by atoms with van der Waals surface area (Å²) in [5.74, 6) is -7.91.